The second-order valence-corrected chi connectivity index (χ2v) is 4.31. The van der Waals surface area contributed by atoms with E-state index in [1.54, 1.807) is 25.3 Å². The van der Waals surface area contributed by atoms with Crippen molar-refractivity contribution in [3.05, 3.63) is 23.9 Å². The summed E-state index contributed by atoms with van der Waals surface area (Å²) >= 11 is 0. The Kier molecular flexibility index (Phi) is 5.58. The maximum atomic E-state index is 11.7. The molecule has 1 aromatic rings. The van der Waals surface area contributed by atoms with Crippen molar-refractivity contribution < 1.29 is 9.53 Å². The van der Waals surface area contributed by atoms with E-state index in [0.29, 0.717) is 24.0 Å². The number of pyridine rings is 1. The molecule has 0 fully saturated rings. The molecule has 0 spiro atoms. The molecule has 0 aliphatic rings. The highest BCUT2D eigenvalue weighted by atomic mass is 16.5. The van der Waals surface area contributed by atoms with Crippen LogP contribution in [0.2, 0.25) is 0 Å². The average molecular weight is 251 g/mol. The van der Waals surface area contributed by atoms with Crippen LogP contribution in [0.1, 0.15) is 24.2 Å². The monoisotopic (exact) mass is 251 g/mol. The molecule has 5 heteroatoms. The molecule has 100 valence electrons. The Morgan fingerprint density at radius 3 is 2.89 bits per heavy atom. The van der Waals surface area contributed by atoms with Crippen LogP contribution >= 0.6 is 0 Å². The quantitative estimate of drug-likeness (QED) is 0.779. The van der Waals surface area contributed by atoms with Gasteiger partial charge in [0, 0.05) is 18.8 Å². The van der Waals surface area contributed by atoms with Crippen LogP contribution in [0.4, 0.5) is 5.82 Å². The number of nitrogens with zero attached hydrogens (tertiary/aromatic N) is 2. The fraction of sp³-hybridized carbons (Fsp3) is 0.538. The van der Waals surface area contributed by atoms with Crippen molar-refractivity contribution >= 4 is 11.8 Å². The minimum Gasteiger partial charge on any atom is -0.462 e. The normalized spacial score (nSPS) is 12.3. The van der Waals surface area contributed by atoms with E-state index in [4.69, 9.17) is 4.74 Å². The van der Waals surface area contributed by atoms with E-state index >= 15 is 0 Å². The molecule has 0 aromatic carbocycles. The Morgan fingerprint density at radius 1 is 1.56 bits per heavy atom. The molecule has 5 nitrogen and oxygen atoms in total. The molecule has 1 aromatic heterocycles. The number of carbonyl (C=O) groups excluding carboxylic acids is 1. The van der Waals surface area contributed by atoms with Gasteiger partial charge in [-0.3, -0.25) is 0 Å². The van der Waals surface area contributed by atoms with Crippen LogP contribution in [0.5, 0.6) is 0 Å². The maximum absolute atomic E-state index is 11.7. The largest absolute Gasteiger partial charge is 0.462 e. The van der Waals surface area contributed by atoms with E-state index in [1.165, 1.54) is 0 Å². The number of nitrogens with one attached hydrogen (secondary N) is 1. The molecular formula is C13H21N3O2. The van der Waals surface area contributed by atoms with Gasteiger partial charge in [-0.05, 0) is 40.1 Å². The molecule has 0 aliphatic carbocycles. The highest BCUT2D eigenvalue weighted by Crippen LogP contribution is 2.13. The van der Waals surface area contributed by atoms with E-state index < -0.39 is 0 Å². The SMILES string of the molecule is CCOC(=O)c1cccnc1NCC(C)N(C)C. The Labute approximate surface area is 108 Å². The van der Waals surface area contributed by atoms with Crippen molar-refractivity contribution in [1.29, 1.82) is 0 Å². The van der Waals surface area contributed by atoms with Crippen LogP contribution in [0.25, 0.3) is 0 Å². The average Bonchev–Trinajstić information content (AvgIpc) is 2.36. The summed E-state index contributed by atoms with van der Waals surface area (Å²) in [6, 6.07) is 3.79. The zero-order valence-electron chi connectivity index (χ0n) is 11.4. The summed E-state index contributed by atoms with van der Waals surface area (Å²) in [7, 11) is 4.02. The molecule has 1 unspecified atom stereocenters. The van der Waals surface area contributed by atoms with Gasteiger partial charge in [0.15, 0.2) is 0 Å². The first-order valence-corrected chi connectivity index (χ1v) is 6.08. The van der Waals surface area contributed by atoms with Gasteiger partial charge in [0.1, 0.15) is 11.4 Å². The highest BCUT2D eigenvalue weighted by molar-refractivity contribution is 5.94. The van der Waals surface area contributed by atoms with Crippen molar-refractivity contribution in [3.8, 4) is 0 Å². The standard InChI is InChI=1S/C13H21N3O2/c1-5-18-13(17)11-7-6-8-14-12(11)15-9-10(2)16(3)4/h6-8,10H,5,9H2,1-4H3,(H,14,15). The molecule has 0 saturated heterocycles. The molecule has 0 bridgehead atoms. The fourth-order valence-corrected chi connectivity index (χ4v) is 1.35. The molecular weight excluding hydrogens is 230 g/mol. The second-order valence-electron chi connectivity index (χ2n) is 4.31. The first kappa shape index (κ1) is 14.4. The summed E-state index contributed by atoms with van der Waals surface area (Å²) in [5, 5.41) is 3.18. The third-order valence-electron chi connectivity index (χ3n) is 2.75. The van der Waals surface area contributed by atoms with E-state index in [0.717, 1.165) is 6.54 Å². The van der Waals surface area contributed by atoms with E-state index in [1.807, 2.05) is 14.1 Å². The minimum absolute atomic E-state index is 0.342. The number of rotatable bonds is 6. The first-order valence-electron chi connectivity index (χ1n) is 6.08. The van der Waals surface area contributed by atoms with Gasteiger partial charge in [-0.2, -0.15) is 0 Å². The van der Waals surface area contributed by atoms with Gasteiger partial charge < -0.3 is 15.0 Å². The molecule has 0 saturated carbocycles. The van der Waals surface area contributed by atoms with Crippen molar-refractivity contribution in [2.75, 3.05) is 32.6 Å². The number of esters is 1. The number of hydrogen-bond donors (Lipinski definition) is 1. The minimum atomic E-state index is -0.342. The van der Waals surface area contributed by atoms with Crippen LogP contribution < -0.4 is 5.32 Å². The topological polar surface area (TPSA) is 54.5 Å². The first-order chi connectivity index (χ1) is 8.56. The van der Waals surface area contributed by atoms with E-state index in [9.17, 15) is 4.79 Å². The second kappa shape index (κ2) is 6.96. The van der Waals surface area contributed by atoms with Gasteiger partial charge in [0.2, 0.25) is 0 Å². The lowest BCUT2D eigenvalue weighted by atomic mass is 10.2. The molecule has 0 aliphatic heterocycles. The van der Waals surface area contributed by atoms with E-state index in [-0.39, 0.29) is 5.97 Å². The summed E-state index contributed by atoms with van der Waals surface area (Å²) < 4.78 is 4.99. The number of anilines is 1. The lowest BCUT2D eigenvalue weighted by molar-refractivity contribution is 0.0527. The maximum Gasteiger partial charge on any atom is 0.341 e. The summed E-state index contributed by atoms with van der Waals surface area (Å²) in [4.78, 5) is 18.0. The number of aromatic nitrogens is 1. The van der Waals surface area contributed by atoms with Crippen LogP contribution in [0.3, 0.4) is 0 Å². The molecule has 1 atom stereocenters. The van der Waals surface area contributed by atoms with Crippen molar-refractivity contribution in [2.24, 2.45) is 0 Å². The molecule has 1 heterocycles. The lowest BCUT2D eigenvalue weighted by Gasteiger charge is -2.20. The molecule has 18 heavy (non-hydrogen) atoms. The Balaban J connectivity index is 2.73. The van der Waals surface area contributed by atoms with Gasteiger partial charge >= 0.3 is 5.97 Å². The van der Waals surface area contributed by atoms with E-state index in [2.05, 4.69) is 22.1 Å². The van der Waals surface area contributed by atoms with Crippen LogP contribution in [0.15, 0.2) is 18.3 Å². The number of carbonyl (C=O) groups is 1. The van der Waals surface area contributed by atoms with Gasteiger partial charge in [0.25, 0.3) is 0 Å². The summed E-state index contributed by atoms with van der Waals surface area (Å²) in [5.41, 5.74) is 0.477. The highest BCUT2D eigenvalue weighted by Gasteiger charge is 2.13. The number of hydrogen-bond acceptors (Lipinski definition) is 5. The third-order valence-corrected chi connectivity index (χ3v) is 2.75. The van der Waals surface area contributed by atoms with Gasteiger partial charge in [-0.15, -0.1) is 0 Å². The number of ether oxygens (including phenoxy) is 1. The summed E-state index contributed by atoms with van der Waals surface area (Å²) in [6.07, 6.45) is 1.66. The molecule has 1 N–H and O–H groups in total. The van der Waals surface area contributed by atoms with Gasteiger partial charge in [-0.25, -0.2) is 9.78 Å². The summed E-state index contributed by atoms with van der Waals surface area (Å²) in [6.45, 7) is 4.97. The Bertz CT molecular complexity index is 394. The predicted octanol–water partition coefficient (Wildman–Crippen LogP) is 1.62. The predicted molar refractivity (Wildman–Crippen MR) is 71.8 cm³/mol. The van der Waals surface area contributed by atoms with Gasteiger partial charge in [-0.1, -0.05) is 0 Å². The zero-order chi connectivity index (χ0) is 13.5. The number of likely N-dealkylation sites (N-methyl/N-ethyl adjacent to an activating group) is 1. The summed E-state index contributed by atoms with van der Waals surface area (Å²) in [5.74, 6) is 0.232. The Morgan fingerprint density at radius 2 is 2.28 bits per heavy atom. The molecule has 0 amide bonds. The molecule has 1 rings (SSSR count). The van der Waals surface area contributed by atoms with Crippen molar-refractivity contribution in [1.82, 2.24) is 9.88 Å². The van der Waals surface area contributed by atoms with Crippen LogP contribution in [-0.2, 0) is 4.74 Å². The van der Waals surface area contributed by atoms with Gasteiger partial charge in [0.05, 0.1) is 6.61 Å². The Hall–Kier alpha value is -1.62. The zero-order valence-corrected chi connectivity index (χ0v) is 11.4. The smallest absolute Gasteiger partial charge is 0.341 e. The van der Waals surface area contributed by atoms with Crippen LogP contribution in [-0.4, -0.2) is 49.1 Å². The van der Waals surface area contributed by atoms with Crippen molar-refractivity contribution in [3.63, 3.8) is 0 Å². The van der Waals surface area contributed by atoms with Crippen LogP contribution in [0, 0.1) is 0 Å². The lowest BCUT2D eigenvalue weighted by Crippen LogP contribution is -2.32. The fourth-order valence-electron chi connectivity index (χ4n) is 1.35. The molecule has 0 radical (unpaired) electrons. The third kappa shape index (κ3) is 4.00. The van der Waals surface area contributed by atoms with Crippen molar-refractivity contribution in [2.45, 2.75) is 19.9 Å².